The summed E-state index contributed by atoms with van der Waals surface area (Å²) in [7, 11) is 0. The van der Waals surface area contributed by atoms with Crippen molar-refractivity contribution in [2.24, 2.45) is 0 Å². The lowest BCUT2D eigenvalue weighted by Crippen LogP contribution is -2.35. The molecule has 6 heteroatoms. The van der Waals surface area contributed by atoms with E-state index in [9.17, 15) is 9.59 Å². The summed E-state index contributed by atoms with van der Waals surface area (Å²) in [5, 5.41) is 2.71. The van der Waals surface area contributed by atoms with Gasteiger partial charge in [0.05, 0.1) is 6.33 Å². The molecule has 86 valence electrons. The molecule has 1 aromatic rings. The van der Waals surface area contributed by atoms with Gasteiger partial charge in [-0.2, -0.15) is 0 Å². The van der Waals surface area contributed by atoms with Crippen LogP contribution in [-0.2, 0) is 4.79 Å². The van der Waals surface area contributed by atoms with Crippen LogP contribution in [0.4, 0.5) is 0 Å². The molecule has 1 atom stereocenters. The molecule has 1 heterocycles. The topological polar surface area (TPSA) is 64.0 Å². The van der Waals surface area contributed by atoms with Crippen LogP contribution in [0.3, 0.4) is 0 Å². The van der Waals surface area contributed by atoms with Crippen LogP contribution in [0.1, 0.15) is 13.0 Å². The highest BCUT2D eigenvalue weighted by Gasteiger charge is 2.15. The van der Waals surface area contributed by atoms with E-state index in [0.717, 1.165) is 0 Å². The number of rotatable bonds is 4. The van der Waals surface area contributed by atoms with E-state index in [1.165, 1.54) is 17.0 Å². The van der Waals surface area contributed by atoms with Crippen LogP contribution in [-0.4, -0.2) is 22.0 Å². The Labute approximate surface area is 97.8 Å². The standard InChI is InChI=1S/C10H12ClN3O2/c1-3-4-12-10(16)7(2)14-6-13-8(11)5-9(14)15/h3,5-7H,1,4H2,2H3,(H,12,16). The molecule has 0 bridgehead atoms. The van der Waals surface area contributed by atoms with Gasteiger partial charge in [-0.05, 0) is 6.92 Å². The maximum Gasteiger partial charge on any atom is 0.255 e. The minimum absolute atomic E-state index is 0.111. The Morgan fingerprint density at radius 3 is 3.06 bits per heavy atom. The second kappa shape index (κ2) is 5.46. The average Bonchev–Trinajstić information content (AvgIpc) is 2.25. The van der Waals surface area contributed by atoms with Crippen molar-refractivity contribution in [2.75, 3.05) is 6.54 Å². The molecule has 0 aliphatic carbocycles. The van der Waals surface area contributed by atoms with Crippen molar-refractivity contribution >= 4 is 17.5 Å². The van der Waals surface area contributed by atoms with Crippen LogP contribution < -0.4 is 10.9 Å². The van der Waals surface area contributed by atoms with Crippen LogP contribution >= 0.6 is 11.6 Å². The molecule has 1 rings (SSSR count). The molecule has 5 nitrogen and oxygen atoms in total. The number of aromatic nitrogens is 2. The summed E-state index contributed by atoms with van der Waals surface area (Å²) < 4.78 is 1.21. The van der Waals surface area contributed by atoms with Gasteiger partial charge in [0.1, 0.15) is 11.2 Å². The van der Waals surface area contributed by atoms with Crippen LogP contribution in [0.25, 0.3) is 0 Å². The average molecular weight is 242 g/mol. The number of halogens is 1. The van der Waals surface area contributed by atoms with Gasteiger partial charge in [-0.25, -0.2) is 4.98 Å². The van der Waals surface area contributed by atoms with Gasteiger partial charge >= 0.3 is 0 Å². The van der Waals surface area contributed by atoms with Gasteiger partial charge in [0.2, 0.25) is 5.91 Å². The van der Waals surface area contributed by atoms with Crippen molar-refractivity contribution in [3.63, 3.8) is 0 Å². The van der Waals surface area contributed by atoms with Gasteiger partial charge in [-0.3, -0.25) is 14.2 Å². The second-order valence-corrected chi connectivity index (χ2v) is 3.55. The Bertz CT molecular complexity index is 456. The van der Waals surface area contributed by atoms with E-state index in [1.807, 2.05) is 0 Å². The lowest BCUT2D eigenvalue weighted by Gasteiger charge is -2.13. The first-order valence-electron chi connectivity index (χ1n) is 4.68. The number of nitrogens with one attached hydrogen (secondary N) is 1. The number of hydrogen-bond donors (Lipinski definition) is 1. The van der Waals surface area contributed by atoms with Crippen molar-refractivity contribution in [1.29, 1.82) is 0 Å². The summed E-state index contributed by atoms with van der Waals surface area (Å²) >= 11 is 5.55. The van der Waals surface area contributed by atoms with E-state index in [4.69, 9.17) is 11.6 Å². The van der Waals surface area contributed by atoms with Gasteiger partial charge in [0.25, 0.3) is 5.56 Å². The largest absolute Gasteiger partial charge is 0.351 e. The summed E-state index contributed by atoms with van der Waals surface area (Å²) in [6.45, 7) is 5.45. The number of hydrogen-bond acceptors (Lipinski definition) is 3. The Balaban J connectivity index is 2.87. The van der Waals surface area contributed by atoms with Crippen molar-refractivity contribution in [3.05, 3.63) is 40.6 Å². The quantitative estimate of drug-likeness (QED) is 0.625. The molecule has 0 fully saturated rings. The molecule has 0 spiro atoms. The van der Waals surface area contributed by atoms with Crippen molar-refractivity contribution in [1.82, 2.24) is 14.9 Å². The van der Waals surface area contributed by atoms with Gasteiger partial charge in [0, 0.05) is 12.6 Å². The van der Waals surface area contributed by atoms with Gasteiger partial charge in [0.15, 0.2) is 0 Å². The summed E-state index contributed by atoms with van der Waals surface area (Å²) in [6.07, 6.45) is 2.82. The summed E-state index contributed by atoms with van der Waals surface area (Å²) in [5.41, 5.74) is -0.360. The maximum atomic E-state index is 11.6. The highest BCUT2D eigenvalue weighted by Crippen LogP contribution is 2.03. The van der Waals surface area contributed by atoms with E-state index >= 15 is 0 Å². The van der Waals surface area contributed by atoms with E-state index in [0.29, 0.717) is 6.54 Å². The molecular weight excluding hydrogens is 230 g/mol. The molecule has 16 heavy (non-hydrogen) atoms. The number of amides is 1. The molecule has 0 radical (unpaired) electrons. The third kappa shape index (κ3) is 2.93. The zero-order valence-corrected chi connectivity index (χ0v) is 9.57. The fraction of sp³-hybridized carbons (Fsp3) is 0.300. The first-order chi connectivity index (χ1) is 7.56. The molecule has 1 amide bonds. The monoisotopic (exact) mass is 241 g/mol. The van der Waals surface area contributed by atoms with Crippen molar-refractivity contribution < 1.29 is 4.79 Å². The maximum absolute atomic E-state index is 11.6. The SMILES string of the molecule is C=CCNC(=O)C(C)n1cnc(Cl)cc1=O. The van der Waals surface area contributed by atoms with Crippen LogP contribution in [0.15, 0.2) is 29.8 Å². The molecule has 0 saturated carbocycles. The van der Waals surface area contributed by atoms with Crippen LogP contribution in [0.2, 0.25) is 5.15 Å². The third-order valence-electron chi connectivity index (χ3n) is 2.02. The van der Waals surface area contributed by atoms with E-state index in [-0.39, 0.29) is 16.6 Å². The first-order valence-corrected chi connectivity index (χ1v) is 5.06. The van der Waals surface area contributed by atoms with E-state index < -0.39 is 6.04 Å². The van der Waals surface area contributed by atoms with Crippen LogP contribution in [0.5, 0.6) is 0 Å². The number of nitrogens with zero attached hydrogens (tertiary/aromatic N) is 2. The Hall–Kier alpha value is -1.62. The molecule has 1 unspecified atom stereocenters. The Morgan fingerprint density at radius 2 is 2.50 bits per heavy atom. The van der Waals surface area contributed by atoms with Gasteiger partial charge in [-0.1, -0.05) is 17.7 Å². The summed E-state index contributed by atoms with van der Waals surface area (Å²) in [5.74, 6) is -0.272. The van der Waals surface area contributed by atoms with Gasteiger partial charge in [-0.15, -0.1) is 6.58 Å². The molecule has 0 aromatic carbocycles. The Kier molecular flexibility index (Phi) is 4.25. The third-order valence-corrected chi connectivity index (χ3v) is 2.23. The molecule has 0 aliphatic rings. The number of carbonyl (C=O) groups excluding carboxylic acids is 1. The molecular formula is C10H12ClN3O2. The zero-order chi connectivity index (χ0) is 12.1. The minimum atomic E-state index is -0.628. The molecule has 0 saturated heterocycles. The first kappa shape index (κ1) is 12.4. The fourth-order valence-corrected chi connectivity index (χ4v) is 1.26. The Morgan fingerprint density at radius 1 is 1.81 bits per heavy atom. The molecule has 1 N–H and O–H groups in total. The summed E-state index contributed by atoms with van der Waals surface area (Å²) in [4.78, 5) is 26.8. The van der Waals surface area contributed by atoms with Crippen molar-refractivity contribution in [2.45, 2.75) is 13.0 Å². The predicted octanol–water partition coefficient (Wildman–Crippen LogP) is 0.760. The molecule has 1 aromatic heterocycles. The van der Waals surface area contributed by atoms with Gasteiger partial charge < -0.3 is 5.32 Å². The highest BCUT2D eigenvalue weighted by atomic mass is 35.5. The lowest BCUT2D eigenvalue weighted by molar-refractivity contribution is -0.123. The smallest absolute Gasteiger partial charge is 0.255 e. The van der Waals surface area contributed by atoms with E-state index in [1.54, 1.807) is 13.0 Å². The predicted molar refractivity (Wildman–Crippen MR) is 61.4 cm³/mol. The highest BCUT2D eigenvalue weighted by molar-refractivity contribution is 6.29. The lowest BCUT2D eigenvalue weighted by atomic mass is 10.3. The zero-order valence-electron chi connectivity index (χ0n) is 8.81. The summed E-state index contributed by atoms with van der Waals surface area (Å²) in [6, 6.07) is 0.538. The van der Waals surface area contributed by atoms with E-state index in [2.05, 4.69) is 16.9 Å². The normalized spacial score (nSPS) is 11.9. The molecule has 0 aliphatic heterocycles. The van der Waals surface area contributed by atoms with Crippen molar-refractivity contribution in [3.8, 4) is 0 Å². The van der Waals surface area contributed by atoms with Crippen LogP contribution in [0, 0.1) is 0 Å². The second-order valence-electron chi connectivity index (χ2n) is 3.17. The minimum Gasteiger partial charge on any atom is -0.351 e. The fourth-order valence-electron chi connectivity index (χ4n) is 1.13. The number of carbonyl (C=O) groups is 1.